The lowest BCUT2D eigenvalue weighted by atomic mass is 9.94. The Morgan fingerprint density at radius 1 is 0.643 bits per heavy atom. The summed E-state index contributed by atoms with van der Waals surface area (Å²) in [4.78, 5) is 39.2. The number of hydrogen-bond donors (Lipinski definition) is 5. The van der Waals surface area contributed by atoms with Gasteiger partial charge in [0.2, 0.25) is 5.91 Å². The zero-order chi connectivity index (χ0) is 27.0. The molecule has 1 aliphatic rings. The summed E-state index contributed by atoms with van der Waals surface area (Å²) in [5, 5.41) is 14.6. The number of rotatable bonds is 20. The Bertz CT molecular complexity index is 1010. The van der Waals surface area contributed by atoms with Crippen molar-refractivity contribution >= 4 is 78.1 Å². The molecule has 3 amide bonds. The van der Waals surface area contributed by atoms with Crippen molar-refractivity contribution in [2.75, 3.05) is 58.9 Å². The molecule has 0 spiro atoms. The van der Waals surface area contributed by atoms with Crippen LogP contribution in [0.5, 0.6) is 0 Å². The fourth-order valence-corrected chi connectivity index (χ4v) is 4.66. The fourth-order valence-electron chi connectivity index (χ4n) is 4.66. The van der Waals surface area contributed by atoms with E-state index in [0.29, 0.717) is 24.1 Å². The number of halogens is 4. The van der Waals surface area contributed by atoms with Gasteiger partial charge in [-0.25, -0.2) is 0 Å². The van der Waals surface area contributed by atoms with Crippen LogP contribution in [-0.4, -0.2) is 81.5 Å². The minimum absolute atomic E-state index is 0. The van der Waals surface area contributed by atoms with Crippen molar-refractivity contribution in [1.29, 1.82) is 0 Å². The second-order valence-corrected chi connectivity index (χ2v) is 9.76. The first-order chi connectivity index (χ1) is 18.6. The average molecular weight is 671 g/mol. The number of benzene rings is 2. The summed E-state index contributed by atoms with van der Waals surface area (Å²) in [5.41, 5.74) is 6.60. The van der Waals surface area contributed by atoms with Crippen molar-refractivity contribution in [2.24, 2.45) is 5.73 Å². The second-order valence-electron chi connectivity index (χ2n) is 9.76. The van der Waals surface area contributed by atoms with Gasteiger partial charge in [-0.2, -0.15) is 0 Å². The van der Waals surface area contributed by atoms with Crippen molar-refractivity contribution < 1.29 is 14.4 Å². The van der Waals surface area contributed by atoms with Crippen LogP contribution >= 0.6 is 49.6 Å². The van der Waals surface area contributed by atoms with Crippen LogP contribution in [0.25, 0.3) is 10.8 Å². The van der Waals surface area contributed by atoms with E-state index in [0.717, 1.165) is 75.7 Å². The predicted molar refractivity (Wildman–Crippen MR) is 181 cm³/mol. The van der Waals surface area contributed by atoms with Crippen molar-refractivity contribution in [2.45, 2.75) is 44.9 Å². The van der Waals surface area contributed by atoms with Gasteiger partial charge in [0.15, 0.2) is 0 Å². The summed E-state index contributed by atoms with van der Waals surface area (Å²) in [6, 6.07) is 11.0. The molecule has 6 N–H and O–H groups in total. The molecule has 0 saturated heterocycles. The lowest BCUT2D eigenvalue weighted by Crippen LogP contribution is -2.42. The summed E-state index contributed by atoms with van der Waals surface area (Å²) in [6.45, 7) is 6.68. The molecule has 42 heavy (non-hydrogen) atoms. The van der Waals surface area contributed by atoms with Crippen LogP contribution in [0.15, 0.2) is 36.4 Å². The molecule has 2 aromatic carbocycles. The van der Waals surface area contributed by atoms with Gasteiger partial charge in [0.25, 0.3) is 11.8 Å². The minimum Gasteiger partial charge on any atom is -0.355 e. The number of nitrogens with two attached hydrogens (primary N) is 1. The number of unbranched alkanes of at least 4 members (excludes halogenated alkanes) is 3. The Labute approximate surface area is 274 Å². The molecule has 0 radical (unpaired) electrons. The van der Waals surface area contributed by atoms with E-state index in [1.807, 2.05) is 24.3 Å². The van der Waals surface area contributed by atoms with Gasteiger partial charge in [0.05, 0.1) is 6.54 Å². The first-order valence-corrected chi connectivity index (χ1v) is 14.1. The third-order valence-electron chi connectivity index (χ3n) is 6.74. The lowest BCUT2D eigenvalue weighted by molar-refractivity contribution is -0.120. The number of carbonyl (C=O) groups excluding carboxylic acids is 3. The Morgan fingerprint density at radius 3 is 1.62 bits per heavy atom. The Hall–Kier alpha value is -1.69. The lowest BCUT2D eigenvalue weighted by Gasteiger charge is -2.27. The summed E-state index contributed by atoms with van der Waals surface area (Å²) in [5.74, 6) is -0.619. The van der Waals surface area contributed by atoms with Crippen molar-refractivity contribution in [3.8, 4) is 0 Å². The van der Waals surface area contributed by atoms with E-state index in [4.69, 9.17) is 5.73 Å². The van der Waals surface area contributed by atoms with E-state index < -0.39 is 0 Å². The normalized spacial score (nSPS) is 11.7. The summed E-state index contributed by atoms with van der Waals surface area (Å²) < 4.78 is 0. The third kappa shape index (κ3) is 13.7. The molecule has 3 rings (SSSR count). The molecule has 0 aliphatic carbocycles. The van der Waals surface area contributed by atoms with E-state index in [9.17, 15) is 14.4 Å². The number of carbonyl (C=O) groups is 3. The van der Waals surface area contributed by atoms with Crippen LogP contribution in [0.3, 0.4) is 0 Å². The highest BCUT2D eigenvalue weighted by Crippen LogP contribution is 2.29. The minimum atomic E-state index is -0.271. The van der Waals surface area contributed by atoms with Crippen LogP contribution < -0.4 is 27.0 Å². The Balaban J connectivity index is 0. The first kappa shape index (κ1) is 42.4. The van der Waals surface area contributed by atoms with Gasteiger partial charge in [0.1, 0.15) is 0 Å². The van der Waals surface area contributed by atoms with E-state index in [2.05, 4.69) is 21.3 Å². The maximum atomic E-state index is 12.9. The second kappa shape index (κ2) is 24.7. The van der Waals surface area contributed by atoms with Crippen LogP contribution in [0, 0.1) is 0 Å². The number of imide groups is 1. The van der Waals surface area contributed by atoms with Crippen LogP contribution in [-0.2, 0) is 4.79 Å². The summed E-state index contributed by atoms with van der Waals surface area (Å²) >= 11 is 0. The molecule has 0 bridgehead atoms. The largest absolute Gasteiger partial charge is 0.355 e. The fraction of sp³-hybridized carbons (Fsp3) is 0.552. The molecule has 13 heteroatoms. The summed E-state index contributed by atoms with van der Waals surface area (Å²) in [6.07, 6.45) is 7.19. The highest BCUT2D eigenvalue weighted by atomic mass is 35.5. The molecule has 0 atom stereocenters. The molecule has 0 aromatic heterocycles. The van der Waals surface area contributed by atoms with E-state index in [-0.39, 0.29) is 80.4 Å². The van der Waals surface area contributed by atoms with E-state index in [1.165, 1.54) is 17.7 Å². The van der Waals surface area contributed by atoms with Crippen molar-refractivity contribution in [3.05, 3.63) is 47.5 Å². The van der Waals surface area contributed by atoms with Crippen LogP contribution in [0.1, 0.15) is 65.7 Å². The maximum Gasteiger partial charge on any atom is 0.261 e. The van der Waals surface area contributed by atoms with Gasteiger partial charge in [0, 0.05) is 29.6 Å². The van der Waals surface area contributed by atoms with Gasteiger partial charge < -0.3 is 27.0 Å². The highest BCUT2D eigenvalue weighted by Gasteiger charge is 2.32. The molecule has 240 valence electrons. The third-order valence-corrected chi connectivity index (χ3v) is 6.74. The Morgan fingerprint density at radius 2 is 1.12 bits per heavy atom. The molecule has 1 heterocycles. The van der Waals surface area contributed by atoms with Gasteiger partial charge in [-0.05, 0) is 102 Å². The van der Waals surface area contributed by atoms with Crippen LogP contribution in [0.4, 0.5) is 0 Å². The molecule has 2 aromatic rings. The molecule has 9 nitrogen and oxygen atoms in total. The SMILES string of the molecule is Cl.Cl.Cl.Cl.NCCCCNCCCCNCCCCNCC(=O)NCCCN1C(=O)c2cccc3cccc(c23)C1=O. The van der Waals surface area contributed by atoms with E-state index >= 15 is 0 Å². The number of nitrogens with one attached hydrogen (secondary N) is 4. The predicted octanol–water partition coefficient (Wildman–Crippen LogP) is 3.70. The maximum absolute atomic E-state index is 12.9. The van der Waals surface area contributed by atoms with Gasteiger partial charge >= 0.3 is 0 Å². The van der Waals surface area contributed by atoms with Crippen LogP contribution in [0.2, 0.25) is 0 Å². The molecular weight excluding hydrogens is 622 g/mol. The monoisotopic (exact) mass is 668 g/mol. The van der Waals surface area contributed by atoms with Crippen molar-refractivity contribution in [1.82, 2.24) is 26.2 Å². The molecular formula is C29H48Cl4N6O3. The van der Waals surface area contributed by atoms with Gasteiger partial charge in [-0.1, -0.05) is 24.3 Å². The quantitative estimate of drug-likeness (QED) is 0.107. The smallest absolute Gasteiger partial charge is 0.261 e. The first-order valence-electron chi connectivity index (χ1n) is 14.1. The molecule has 0 saturated carbocycles. The zero-order valence-electron chi connectivity index (χ0n) is 24.2. The Kier molecular flexibility index (Phi) is 25.0. The number of nitrogens with zero attached hydrogens (tertiary/aromatic N) is 1. The molecule has 1 aliphatic heterocycles. The van der Waals surface area contributed by atoms with Gasteiger partial charge in [-0.3, -0.25) is 19.3 Å². The average Bonchev–Trinajstić information content (AvgIpc) is 2.93. The summed E-state index contributed by atoms with van der Waals surface area (Å²) in [7, 11) is 0. The standard InChI is InChI=1S/C29H44N6O3.4ClH/c30-14-1-2-15-31-16-3-4-17-32-18-5-6-19-33-22-26(36)34-20-9-21-35-28(37)24-12-7-10-23-11-8-13-25(27(23)24)29(35)38;;;;/h7-8,10-13,31-33H,1-6,9,14-22,30H2,(H,34,36);4*1H. The molecule has 0 unspecified atom stereocenters. The highest BCUT2D eigenvalue weighted by molar-refractivity contribution is 6.25. The topological polar surface area (TPSA) is 129 Å². The molecule has 0 fully saturated rings. The van der Waals surface area contributed by atoms with E-state index in [1.54, 1.807) is 12.1 Å². The zero-order valence-corrected chi connectivity index (χ0v) is 27.4. The van der Waals surface area contributed by atoms with Gasteiger partial charge in [-0.15, -0.1) is 49.6 Å². The number of hydrogen-bond acceptors (Lipinski definition) is 7. The van der Waals surface area contributed by atoms with Crippen molar-refractivity contribution in [3.63, 3.8) is 0 Å². The number of amides is 3.